The molecule has 0 unspecified atom stereocenters. The van der Waals surface area contributed by atoms with E-state index in [1.165, 1.54) is 16.4 Å². The van der Waals surface area contributed by atoms with Crippen molar-refractivity contribution in [3.05, 3.63) is 28.8 Å². The Morgan fingerprint density at radius 1 is 1.45 bits per heavy atom. The van der Waals surface area contributed by atoms with Crippen LogP contribution in [0.3, 0.4) is 0 Å². The van der Waals surface area contributed by atoms with Crippen LogP contribution in [0.25, 0.3) is 0 Å². The number of nitrogens with zero attached hydrogens (tertiary/aromatic N) is 1. The van der Waals surface area contributed by atoms with E-state index >= 15 is 0 Å². The molecule has 1 aromatic rings. The lowest BCUT2D eigenvalue weighted by Gasteiger charge is -2.23. The molecule has 0 amide bonds. The van der Waals surface area contributed by atoms with Crippen molar-refractivity contribution in [1.82, 2.24) is 4.31 Å². The third-order valence-electron chi connectivity index (χ3n) is 3.30. The van der Waals surface area contributed by atoms with Crippen LogP contribution in [0.15, 0.2) is 23.1 Å². The van der Waals surface area contributed by atoms with Gasteiger partial charge < -0.3 is 10.2 Å². The van der Waals surface area contributed by atoms with Gasteiger partial charge in [0, 0.05) is 12.6 Å². The van der Waals surface area contributed by atoms with E-state index in [1.807, 2.05) is 0 Å². The van der Waals surface area contributed by atoms with E-state index in [1.54, 1.807) is 0 Å². The first-order chi connectivity index (χ1) is 9.37. The summed E-state index contributed by atoms with van der Waals surface area (Å²) >= 11 is 5.89. The minimum absolute atomic E-state index is 0.0291. The van der Waals surface area contributed by atoms with Gasteiger partial charge in [-0.2, -0.15) is 4.31 Å². The zero-order valence-corrected chi connectivity index (χ0v) is 12.1. The number of rotatable bonds is 4. The number of carboxylic acid groups (broad SMARTS) is 1. The molecule has 0 bridgehead atoms. The Morgan fingerprint density at radius 3 is 2.75 bits per heavy atom. The third kappa shape index (κ3) is 2.67. The monoisotopic (exact) mass is 319 g/mol. The fraction of sp³-hybridized carbons (Fsp3) is 0.417. The largest absolute Gasteiger partial charge is 0.478 e. The molecule has 2 N–H and O–H groups in total. The van der Waals surface area contributed by atoms with Gasteiger partial charge in [0.2, 0.25) is 10.0 Å². The summed E-state index contributed by atoms with van der Waals surface area (Å²) in [4.78, 5) is 10.7. The summed E-state index contributed by atoms with van der Waals surface area (Å²) in [5, 5.41) is 18.1. The maximum absolute atomic E-state index is 12.5. The number of carbonyl (C=O) groups is 1. The van der Waals surface area contributed by atoms with Gasteiger partial charge in [-0.1, -0.05) is 11.6 Å². The van der Waals surface area contributed by atoms with Crippen molar-refractivity contribution in [2.75, 3.05) is 13.2 Å². The summed E-state index contributed by atoms with van der Waals surface area (Å²) in [5.41, 5.74) is -0.146. The SMILES string of the molecule is O=C(O)c1ccc(Cl)c(S(=O)(=O)N2CCC[C@H]2CO)c1. The minimum Gasteiger partial charge on any atom is -0.478 e. The predicted molar refractivity (Wildman–Crippen MR) is 72.4 cm³/mol. The van der Waals surface area contributed by atoms with Crippen LogP contribution in [0.5, 0.6) is 0 Å². The van der Waals surface area contributed by atoms with E-state index in [2.05, 4.69) is 0 Å². The van der Waals surface area contributed by atoms with Crippen molar-refractivity contribution in [1.29, 1.82) is 0 Å². The molecule has 0 saturated carbocycles. The summed E-state index contributed by atoms with van der Waals surface area (Å²) in [5.74, 6) is -1.22. The van der Waals surface area contributed by atoms with E-state index < -0.39 is 22.0 Å². The van der Waals surface area contributed by atoms with Crippen molar-refractivity contribution in [3.63, 3.8) is 0 Å². The fourth-order valence-electron chi connectivity index (χ4n) is 2.27. The highest BCUT2D eigenvalue weighted by molar-refractivity contribution is 7.89. The maximum atomic E-state index is 12.5. The highest BCUT2D eigenvalue weighted by Gasteiger charge is 2.36. The van der Waals surface area contributed by atoms with Gasteiger partial charge in [-0.25, -0.2) is 13.2 Å². The molecule has 0 aliphatic carbocycles. The van der Waals surface area contributed by atoms with Crippen LogP contribution in [-0.2, 0) is 10.0 Å². The third-order valence-corrected chi connectivity index (χ3v) is 5.73. The molecule has 0 aromatic heterocycles. The molecule has 110 valence electrons. The topological polar surface area (TPSA) is 94.9 Å². The first-order valence-corrected chi connectivity index (χ1v) is 7.85. The molecule has 20 heavy (non-hydrogen) atoms. The summed E-state index contributed by atoms with van der Waals surface area (Å²) < 4.78 is 26.3. The molecule has 6 nitrogen and oxygen atoms in total. The van der Waals surface area contributed by atoms with Crippen molar-refractivity contribution in [2.45, 2.75) is 23.8 Å². The molecule has 1 aliphatic heterocycles. The number of hydrogen-bond acceptors (Lipinski definition) is 4. The number of benzene rings is 1. The molecule has 1 heterocycles. The second-order valence-electron chi connectivity index (χ2n) is 4.54. The van der Waals surface area contributed by atoms with Gasteiger partial charge in [0.05, 0.1) is 17.2 Å². The Kier molecular flexibility index (Phi) is 4.33. The zero-order valence-electron chi connectivity index (χ0n) is 10.5. The van der Waals surface area contributed by atoms with E-state index in [-0.39, 0.29) is 22.1 Å². The number of aliphatic hydroxyl groups excluding tert-OH is 1. The lowest BCUT2D eigenvalue weighted by molar-refractivity contribution is 0.0696. The maximum Gasteiger partial charge on any atom is 0.335 e. The minimum atomic E-state index is -3.91. The molecule has 1 aliphatic rings. The van der Waals surface area contributed by atoms with Gasteiger partial charge in [0.25, 0.3) is 0 Å². The fourth-order valence-corrected chi connectivity index (χ4v) is 4.46. The number of hydrogen-bond donors (Lipinski definition) is 2. The van der Waals surface area contributed by atoms with Crippen LogP contribution in [0.2, 0.25) is 5.02 Å². The van der Waals surface area contributed by atoms with Crippen LogP contribution in [-0.4, -0.2) is 48.1 Å². The summed E-state index contributed by atoms with van der Waals surface area (Å²) in [7, 11) is -3.91. The molecule has 1 fully saturated rings. The predicted octanol–water partition coefficient (Wildman–Crippen LogP) is 1.18. The smallest absolute Gasteiger partial charge is 0.335 e. The van der Waals surface area contributed by atoms with Gasteiger partial charge >= 0.3 is 5.97 Å². The second-order valence-corrected chi connectivity index (χ2v) is 6.81. The van der Waals surface area contributed by atoms with Crippen LogP contribution >= 0.6 is 11.6 Å². The van der Waals surface area contributed by atoms with Crippen molar-refractivity contribution < 1.29 is 23.4 Å². The molecular weight excluding hydrogens is 306 g/mol. The number of aromatic carboxylic acids is 1. The second kappa shape index (κ2) is 5.69. The van der Waals surface area contributed by atoms with Gasteiger partial charge in [0.1, 0.15) is 4.90 Å². The van der Waals surface area contributed by atoms with Crippen LogP contribution in [0.1, 0.15) is 23.2 Å². The molecule has 1 atom stereocenters. The van der Waals surface area contributed by atoms with Crippen molar-refractivity contribution in [3.8, 4) is 0 Å². The van der Waals surface area contributed by atoms with E-state index in [4.69, 9.17) is 16.7 Å². The Bertz CT molecular complexity index is 631. The molecule has 1 aromatic carbocycles. The summed E-state index contributed by atoms with van der Waals surface area (Å²) in [6.07, 6.45) is 1.23. The quantitative estimate of drug-likeness (QED) is 0.869. The number of aliphatic hydroxyl groups is 1. The lowest BCUT2D eigenvalue weighted by atomic mass is 10.2. The normalized spacial score (nSPS) is 20.2. The highest BCUT2D eigenvalue weighted by Crippen LogP contribution is 2.30. The molecule has 0 radical (unpaired) electrons. The zero-order chi connectivity index (χ0) is 14.9. The Balaban J connectivity index is 2.48. The summed E-state index contributed by atoms with van der Waals surface area (Å²) in [6, 6.07) is 3.07. The van der Waals surface area contributed by atoms with Gasteiger partial charge in [-0.05, 0) is 31.0 Å². The average molecular weight is 320 g/mol. The van der Waals surface area contributed by atoms with Crippen LogP contribution in [0.4, 0.5) is 0 Å². The molecule has 8 heteroatoms. The average Bonchev–Trinajstić information content (AvgIpc) is 2.87. The lowest BCUT2D eigenvalue weighted by Crippen LogP contribution is -2.37. The number of halogens is 1. The Morgan fingerprint density at radius 2 is 2.15 bits per heavy atom. The summed E-state index contributed by atoms with van der Waals surface area (Å²) in [6.45, 7) is 0.0245. The first kappa shape index (κ1) is 15.2. The van der Waals surface area contributed by atoms with Crippen molar-refractivity contribution in [2.24, 2.45) is 0 Å². The molecule has 2 rings (SSSR count). The highest BCUT2D eigenvalue weighted by atomic mass is 35.5. The number of sulfonamides is 1. The van der Waals surface area contributed by atoms with Gasteiger partial charge in [-0.3, -0.25) is 0 Å². The Hall–Kier alpha value is -1.15. The molecule has 0 spiro atoms. The standard InChI is InChI=1S/C12H14ClNO5S/c13-10-4-3-8(12(16)17)6-11(10)20(18,19)14-5-1-2-9(14)7-15/h3-4,6,9,15H,1-2,5,7H2,(H,16,17)/t9-/m0/s1. The van der Waals surface area contributed by atoms with Gasteiger partial charge in [0.15, 0.2) is 0 Å². The van der Waals surface area contributed by atoms with Gasteiger partial charge in [-0.15, -0.1) is 0 Å². The van der Waals surface area contributed by atoms with Crippen LogP contribution < -0.4 is 0 Å². The van der Waals surface area contributed by atoms with E-state index in [0.29, 0.717) is 19.4 Å². The van der Waals surface area contributed by atoms with Crippen molar-refractivity contribution >= 4 is 27.6 Å². The van der Waals surface area contributed by atoms with E-state index in [0.717, 1.165) is 6.07 Å². The van der Waals surface area contributed by atoms with E-state index in [9.17, 15) is 18.3 Å². The van der Waals surface area contributed by atoms with Crippen LogP contribution in [0, 0.1) is 0 Å². The Labute approximate surface area is 121 Å². The molecular formula is C12H14ClNO5S. The number of carboxylic acids is 1. The first-order valence-electron chi connectivity index (χ1n) is 6.03. The molecule has 1 saturated heterocycles.